The molecule has 1 saturated heterocycles. The fourth-order valence-electron chi connectivity index (χ4n) is 3.42. The molecule has 2 N–H and O–H groups in total. The zero-order valence-corrected chi connectivity index (χ0v) is 10.9. The number of piperidine rings is 1. The minimum atomic E-state index is 0.466. The predicted octanol–water partition coefficient (Wildman–Crippen LogP) is 2.91. The van der Waals surface area contributed by atoms with Crippen molar-refractivity contribution in [3.63, 3.8) is 0 Å². The van der Waals surface area contributed by atoms with Crippen molar-refractivity contribution in [2.45, 2.75) is 76.3 Å². The summed E-state index contributed by atoms with van der Waals surface area (Å²) in [7, 11) is 0. The van der Waals surface area contributed by atoms with Crippen LogP contribution in [0.5, 0.6) is 0 Å². The summed E-state index contributed by atoms with van der Waals surface area (Å²) < 4.78 is 0. The molecule has 0 atom stereocenters. The van der Waals surface area contributed by atoms with Crippen LogP contribution in [0.25, 0.3) is 0 Å². The Hall–Kier alpha value is -0.0800. The van der Waals surface area contributed by atoms with Crippen LogP contribution < -0.4 is 5.73 Å². The van der Waals surface area contributed by atoms with Gasteiger partial charge in [-0.25, -0.2) is 0 Å². The zero-order valence-electron chi connectivity index (χ0n) is 10.9. The molecule has 1 saturated carbocycles. The Morgan fingerprint density at radius 3 is 2.00 bits per heavy atom. The number of nitrogens with zero attached hydrogens (tertiary/aromatic N) is 1. The number of hydrogen-bond donors (Lipinski definition) is 1. The second kappa shape index (κ2) is 5.50. The van der Waals surface area contributed by atoms with Crippen molar-refractivity contribution in [2.75, 3.05) is 13.1 Å². The molecule has 16 heavy (non-hydrogen) atoms. The van der Waals surface area contributed by atoms with Gasteiger partial charge in [0.25, 0.3) is 0 Å². The van der Waals surface area contributed by atoms with Gasteiger partial charge in [-0.05, 0) is 32.6 Å². The fraction of sp³-hybridized carbons (Fsp3) is 1.00. The van der Waals surface area contributed by atoms with E-state index in [1.54, 1.807) is 0 Å². The van der Waals surface area contributed by atoms with E-state index in [1.165, 1.54) is 70.9 Å². The van der Waals surface area contributed by atoms with Crippen LogP contribution in [0, 0.1) is 0 Å². The molecule has 94 valence electrons. The molecule has 1 heterocycles. The summed E-state index contributed by atoms with van der Waals surface area (Å²) in [5.74, 6) is 0. The van der Waals surface area contributed by atoms with Crippen LogP contribution in [-0.2, 0) is 0 Å². The van der Waals surface area contributed by atoms with Crippen LogP contribution >= 0.6 is 0 Å². The maximum Gasteiger partial charge on any atom is 0.0181 e. The molecule has 2 aliphatic rings. The highest BCUT2D eigenvalue weighted by Crippen LogP contribution is 2.33. The van der Waals surface area contributed by atoms with Crippen molar-refractivity contribution >= 4 is 0 Å². The third kappa shape index (κ3) is 2.98. The van der Waals surface area contributed by atoms with Gasteiger partial charge in [0, 0.05) is 24.7 Å². The highest BCUT2D eigenvalue weighted by molar-refractivity contribution is 4.90. The Labute approximate surface area is 101 Å². The van der Waals surface area contributed by atoms with Gasteiger partial charge < -0.3 is 5.73 Å². The van der Waals surface area contributed by atoms with Gasteiger partial charge in [-0.3, -0.25) is 4.90 Å². The summed E-state index contributed by atoms with van der Waals surface area (Å²) in [5, 5.41) is 0. The smallest absolute Gasteiger partial charge is 0.0181 e. The minimum Gasteiger partial charge on any atom is -0.328 e. The molecule has 2 heteroatoms. The first kappa shape index (κ1) is 12.4. The zero-order chi connectivity index (χ0) is 11.4. The quantitative estimate of drug-likeness (QED) is 0.742. The van der Waals surface area contributed by atoms with Crippen LogP contribution in [0.15, 0.2) is 0 Å². The van der Waals surface area contributed by atoms with Gasteiger partial charge in [0.1, 0.15) is 0 Å². The highest BCUT2D eigenvalue weighted by Gasteiger charge is 2.33. The molecule has 2 rings (SSSR count). The van der Waals surface area contributed by atoms with Gasteiger partial charge in [-0.1, -0.05) is 32.1 Å². The van der Waals surface area contributed by atoms with Gasteiger partial charge in [-0.2, -0.15) is 0 Å². The molecule has 0 bridgehead atoms. The minimum absolute atomic E-state index is 0.466. The average molecular weight is 224 g/mol. The van der Waals surface area contributed by atoms with Crippen LogP contribution in [0.2, 0.25) is 0 Å². The lowest BCUT2D eigenvalue weighted by Crippen LogP contribution is -2.52. The molecule has 0 radical (unpaired) electrons. The maximum atomic E-state index is 6.00. The van der Waals surface area contributed by atoms with Crippen LogP contribution in [0.4, 0.5) is 0 Å². The molecule has 0 aromatic heterocycles. The largest absolute Gasteiger partial charge is 0.328 e. The Morgan fingerprint density at radius 1 is 0.938 bits per heavy atom. The van der Waals surface area contributed by atoms with Crippen molar-refractivity contribution in [2.24, 2.45) is 5.73 Å². The lowest BCUT2D eigenvalue weighted by atomic mass is 9.82. The first-order chi connectivity index (χ1) is 7.71. The second-order valence-corrected chi connectivity index (χ2v) is 6.09. The second-order valence-electron chi connectivity index (χ2n) is 6.09. The van der Waals surface area contributed by atoms with E-state index in [4.69, 9.17) is 5.73 Å². The van der Waals surface area contributed by atoms with Crippen LogP contribution in [0.1, 0.15) is 64.7 Å². The summed E-state index contributed by atoms with van der Waals surface area (Å²) in [6.45, 7) is 4.96. The third-order valence-electron chi connectivity index (χ3n) is 4.73. The Bertz CT molecular complexity index is 199. The summed E-state index contributed by atoms with van der Waals surface area (Å²) in [5.41, 5.74) is 6.49. The molecule has 0 unspecified atom stereocenters. The van der Waals surface area contributed by atoms with Crippen molar-refractivity contribution in [1.29, 1.82) is 0 Å². The van der Waals surface area contributed by atoms with E-state index in [9.17, 15) is 0 Å². The fourth-order valence-corrected chi connectivity index (χ4v) is 3.42. The molecule has 1 aliphatic carbocycles. The Morgan fingerprint density at radius 2 is 1.44 bits per heavy atom. The van der Waals surface area contributed by atoms with E-state index < -0.39 is 0 Å². The predicted molar refractivity (Wildman–Crippen MR) is 69.5 cm³/mol. The van der Waals surface area contributed by atoms with Crippen molar-refractivity contribution in [1.82, 2.24) is 4.90 Å². The standard InChI is InChI=1S/C14H28N2/c1-14(9-5-3-2-4-6-10-14)16-11-7-13(15)8-12-16/h13H,2-12,15H2,1H3. The van der Waals surface area contributed by atoms with Crippen molar-refractivity contribution < 1.29 is 0 Å². The summed E-state index contributed by atoms with van der Waals surface area (Å²) in [6.07, 6.45) is 12.4. The maximum absolute atomic E-state index is 6.00. The van der Waals surface area contributed by atoms with Crippen LogP contribution in [0.3, 0.4) is 0 Å². The number of likely N-dealkylation sites (tertiary alicyclic amines) is 1. The summed E-state index contributed by atoms with van der Waals surface area (Å²) in [4.78, 5) is 2.74. The van der Waals surface area contributed by atoms with Crippen molar-refractivity contribution in [3.8, 4) is 0 Å². The van der Waals surface area contributed by atoms with E-state index in [1.807, 2.05) is 0 Å². The molecule has 0 aromatic rings. The molecule has 0 spiro atoms. The van der Waals surface area contributed by atoms with Crippen LogP contribution in [-0.4, -0.2) is 29.6 Å². The molecular weight excluding hydrogens is 196 g/mol. The normalized spacial score (nSPS) is 29.6. The summed E-state index contributed by atoms with van der Waals surface area (Å²) in [6, 6.07) is 0.466. The molecular formula is C14H28N2. The lowest BCUT2D eigenvalue weighted by Gasteiger charge is -2.45. The van der Waals surface area contributed by atoms with Crippen molar-refractivity contribution in [3.05, 3.63) is 0 Å². The van der Waals surface area contributed by atoms with E-state index in [-0.39, 0.29) is 0 Å². The molecule has 1 aliphatic heterocycles. The number of hydrogen-bond acceptors (Lipinski definition) is 2. The third-order valence-corrected chi connectivity index (χ3v) is 4.73. The van der Waals surface area contributed by atoms with E-state index in [0.29, 0.717) is 11.6 Å². The first-order valence-electron chi connectivity index (χ1n) is 7.21. The number of rotatable bonds is 1. The SMILES string of the molecule is CC1(N2CCC(N)CC2)CCCCCCC1. The van der Waals surface area contributed by atoms with Gasteiger partial charge >= 0.3 is 0 Å². The first-order valence-corrected chi connectivity index (χ1v) is 7.21. The topological polar surface area (TPSA) is 29.3 Å². The van der Waals surface area contributed by atoms with Gasteiger partial charge in [0.2, 0.25) is 0 Å². The van der Waals surface area contributed by atoms with E-state index in [0.717, 1.165) is 0 Å². The van der Waals surface area contributed by atoms with Gasteiger partial charge in [-0.15, -0.1) is 0 Å². The Kier molecular flexibility index (Phi) is 4.26. The monoisotopic (exact) mass is 224 g/mol. The molecule has 2 nitrogen and oxygen atoms in total. The molecule has 0 aromatic carbocycles. The van der Waals surface area contributed by atoms with E-state index >= 15 is 0 Å². The van der Waals surface area contributed by atoms with Gasteiger partial charge in [0.15, 0.2) is 0 Å². The molecule has 2 fully saturated rings. The Balaban J connectivity index is 1.92. The van der Waals surface area contributed by atoms with Gasteiger partial charge in [0.05, 0.1) is 0 Å². The lowest BCUT2D eigenvalue weighted by molar-refractivity contribution is 0.0523. The highest BCUT2D eigenvalue weighted by atomic mass is 15.2. The average Bonchev–Trinajstić information content (AvgIpc) is 2.25. The summed E-state index contributed by atoms with van der Waals surface area (Å²) >= 11 is 0. The molecule has 0 amide bonds. The number of nitrogens with two attached hydrogens (primary N) is 1. The van der Waals surface area contributed by atoms with E-state index in [2.05, 4.69) is 11.8 Å².